The highest BCUT2D eigenvalue weighted by atomic mass is 32.1. The Morgan fingerprint density at radius 2 is 2.16 bits per heavy atom. The van der Waals surface area contributed by atoms with E-state index in [9.17, 15) is 14.3 Å². The summed E-state index contributed by atoms with van der Waals surface area (Å²) in [5.41, 5.74) is 3.29. The Hall–Kier alpha value is -2.55. The van der Waals surface area contributed by atoms with E-state index >= 15 is 0 Å². The fraction of sp³-hybridized carbons (Fsp3) is 0.417. The Kier molecular flexibility index (Phi) is 7.03. The van der Waals surface area contributed by atoms with Crippen molar-refractivity contribution >= 4 is 17.2 Å². The van der Waals surface area contributed by atoms with Crippen LogP contribution < -0.4 is 10.6 Å². The molecular weight excluding hydrogens is 427 g/mol. The number of halogens is 1. The summed E-state index contributed by atoms with van der Waals surface area (Å²) in [7, 11) is 0. The van der Waals surface area contributed by atoms with Gasteiger partial charge in [0, 0.05) is 35.2 Å². The molecular formula is C24H29FN4O2S. The Morgan fingerprint density at radius 1 is 1.31 bits per heavy atom. The van der Waals surface area contributed by atoms with Crippen LogP contribution in [0.15, 0.2) is 30.3 Å². The van der Waals surface area contributed by atoms with Crippen LogP contribution in [-0.4, -0.2) is 40.2 Å². The molecule has 2 atom stereocenters. The molecule has 1 amide bonds. The second kappa shape index (κ2) is 9.94. The van der Waals surface area contributed by atoms with E-state index in [-0.39, 0.29) is 30.4 Å². The van der Waals surface area contributed by atoms with Crippen LogP contribution >= 0.6 is 11.3 Å². The minimum Gasteiger partial charge on any atom is -0.396 e. The highest BCUT2D eigenvalue weighted by Crippen LogP contribution is 2.30. The van der Waals surface area contributed by atoms with E-state index in [1.165, 1.54) is 6.07 Å². The molecule has 4 N–H and O–H groups in total. The molecule has 4 rings (SSSR count). The molecule has 6 nitrogen and oxygen atoms in total. The summed E-state index contributed by atoms with van der Waals surface area (Å²) >= 11 is 1.55. The first-order valence-electron chi connectivity index (χ1n) is 11.0. The van der Waals surface area contributed by atoms with Gasteiger partial charge >= 0.3 is 0 Å². The summed E-state index contributed by atoms with van der Waals surface area (Å²) in [6, 6.07) is 8.38. The van der Waals surface area contributed by atoms with E-state index < -0.39 is 0 Å². The maximum absolute atomic E-state index is 14.0. The number of carbonyl (C=O) groups excluding carboxylic acids is 1. The van der Waals surface area contributed by atoms with Gasteiger partial charge in [0.15, 0.2) is 0 Å². The molecule has 8 heteroatoms. The monoisotopic (exact) mass is 456 g/mol. The van der Waals surface area contributed by atoms with Gasteiger partial charge in [0.1, 0.15) is 16.5 Å². The minimum atomic E-state index is -0.274. The topological polar surface area (TPSA) is 90.0 Å². The van der Waals surface area contributed by atoms with Crippen molar-refractivity contribution < 1.29 is 14.3 Å². The number of benzene rings is 1. The molecule has 32 heavy (non-hydrogen) atoms. The number of hydrogen-bond acceptors (Lipinski definition) is 5. The summed E-state index contributed by atoms with van der Waals surface area (Å²) < 4.78 is 14.0. The predicted octanol–water partition coefficient (Wildman–Crippen LogP) is 4.04. The quantitative estimate of drug-likeness (QED) is 0.432. The molecule has 0 radical (unpaired) electrons. The summed E-state index contributed by atoms with van der Waals surface area (Å²) in [5.74, 6) is -0.498. The highest BCUT2D eigenvalue weighted by Gasteiger charge is 2.30. The van der Waals surface area contributed by atoms with Gasteiger partial charge < -0.3 is 20.7 Å². The Morgan fingerprint density at radius 3 is 2.88 bits per heavy atom. The average molecular weight is 457 g/mol. The average Bonchev–Trinajstić information content (AvgIpc) is 3.42. The molecule has 0 bridgehead atoms. The van der Waals surface area contributed by atoms with Crippen LogP contribution in [0.2, 0.25) is 0 Å². The SMILES string of the molecule is Cc1ccc(-c2ccc(C(=O)N[C@H](c3nc(C)c(CCO)s3)[C@@H]3CCCCN3)[nH]2)cc1F. The van der Waals surface area contributed by atoms with Crippen LogP contribution in [0.1, 0.15) is 56.9 Å². The first kappa shape index (κ1) is 22.6. The van der Waals surface area contributed by atoms with Gasteiger partial charge in [-0.2, -0.15) is 0 Å². The summed E-state index contributed by atoms with van der Waals surface area (Å²) in [4.78, 5) is 22.0. The molecule has 1 fully saturated rings. The number of nitrogens with zero attached hydrogens (tertiary/aromatic N) is 1. The van der Waals surface area contributed by atoms with Crippen molar-refractivity contribution in [2.45, 2.75) is 51.6 Å². The number of carbonyl (C=O) groups is 1. The van der Waals surface area contributed by atoms with Crippen LogP contribution in [0.5, 0.6) is 0 Å². The van der Waals surface area contributed by atoms with Gasteiger partial charge in [-0.05, 0) is 57.0 Å². The maximum atomic E-state index is 14.0. The number of aryl methyl sites for hydroxylation is 2. The van der Waals surface area contributed by atoms with Gasteiger partial charge in [0.2, 0.25) is 0 Å². The predicted molar refractivity (Wildman–Crippen MR) is 124 cm³/mol. The minimum absolute atomic E-state index is 0.0754. The lowest BCUT2D eigenvalue weighted by molar-refractivity contribution is 0.0918. The third-order valence-corrected chi connectivity index (χ3v) is 7.27. The third-order valence-electron chi connectivity index (χ3n) is 5.96. The lowest BCUT2D eigenvalue weighted by atomic mass is 9.98. The third kappa shape index (κ3) is 4.92. The fourth-order valence-corrected chi connectivity index (χ4v) is 5.26. The molecule has 0 saturated carbocycles. The number of aliphatic hydroxyl groups is 1. The van der Waals surface area contributed by atoms with Gasteiger partial charge in [-0.25, -0.2) is 9.37 Å². The van der Waals surface area contributed by atoms with Crippen molar-refractivity contribution in [1.29, 1.82) is 0 Å². The molecule has 170 valence electrons. The van der Waals surface area contributed by atoms with E-state index in [0.29, 0.717) is 28.9 Å². The zero-order valence-corrected chi connectivity index (χ0v) is 19.2. The van der Waals surface area contributed by atoms with E-state index in [1.807, 2.05) is 13.0 Å². The number of amides is 1. The largest absolute Gasteiger partial charge is 0.396 e. The van der Waals surface area contributed by atoms with Gasteiger partial charge in [0.05, 0.1) is 11.7 Å². The van der Waals surface area contributed by atoms with Crippen LogP contribution in [0, 0.1) is 19.7 Å². The zero-order valence-electron chi connectivity index (χ0n) is 18.4. The second-order valence-electron chi connectivity index (χ2n) is 8.29. The molecule has 1 saturated heterocycles. The summed E-state index contributed by atoms with van der Waals surface area (Å²) in [6.07, 6.45) is 3.74. The van der Waals surface area contributed by atoms with Crippen LogP contribution in [-0.2, 0) is 6.42 Å². The number of aromatic nitrogens is 2. The molecule has 3 aromatic rings. The lowest BCUT2D eigenvalue weighted by Crippen LogP contribution is -2.46. The van der Waals surface area contributed by atoms with Gasteiger partial charge in [-0.1, -0.05) is 18.6 Å². The zero-order chi connectivity index (χ0) is 22.7. The molecule has 1 aliphatic heterocycles. The number of rotatable bonds is 7. The fourth-order valence-electron chi connectivity index (χ4n) is 4.09. The van der Waals surface area contributed by atoms with E-state index in [4.69, 9.17) is 4.98 Å². The molecule has 1 aromatic carbocycles. The van der Waals surface area contributed by atoms with Crippen molar-refractivity contribution in [3.63, 3.8) is 0 Å². The van der Waals surface area contributed by atoms with Crippen molar-refractivity contribution in [1.82, 2.24) is 20.6 Å². The molecule has 3 heterocycles. The maximum Gasteiger partial charge on any atom is 0.268 e. The lowest BCUT2D eigenvalue weighted by Gasteiger charge is -2.30. The number of piperidine rings is 1. The number of aromatic amines is 1. The first-order valence-corrected chi connectivity index (χ1v) is 11.8. The second-order valence-corrected chi connectivity index (χ2v) is 9.41. The normalized spacial score (nSPS) is 17.3. The standard InChI is InChI=1S/C24H29FN4O2S/c1-14-6-7-16(13-17(14)25)18-8-9-20(28-18)23(31)29-22(19-5-3-4-11-26-19)24-27-15(2)21(32-24)10-12-30/h6-9,13,19,22,26,28,30H,3-5,10-12H2,1-2H3,(H,29,31)/t19-,22-/m0/s1. The molecule has 0 spiro atoms. The number of hydrogen-bond donors (Lipinski definition) is 4. The Balaban J connectivity index is 1.56. The van der Waals surface area contributed by atoms with Crippen LogP contribution in [0.3, 0.4) is 0 Å². The van der Waals surface area contributed by atoms with Gasteiger partial charge in [-0.15, -0.1) is 11.3 Å². The molecule has 2 aromatic heterocycles. The molecule has 0 aliphatic carbocycles. The van der Waals surface area contributed by atoms with Crippen molar-refractivity contribution in [3.8, 4) is 11.3 Å². The van der Waals surface area contributed by atoms with Gasteiger partial charge in [-0.3, -0.25) is 4.79 Å². The number of aliphatic hydroxyl groups excluding tert-OH is 1. The van der Waals surface area contributed by atoms with Crippen molar-refractivity contribution in [2.75, 3.05) is 13.2 Å². The smallest absolute Gasteiger partial charge is 0.268 e. The summed E-state index contributed by atoms with van der Waals surface area (Å²) in [6.45, 7) is 4.65. The van der Waals surface area contributed by atoms with Crippen LogP contribution in [0.25, 0.3) is 11.3 Å². The van der Waals surface area contributed by atoms with Crippen LogP contribution in [0.4, 0.5) is 4.39 Å². The molecule has 0 unspecified atom stereocenters. The first-order chi connectivity index (χ1) is 15.5. The Labute approximate surface area is 191 Å². The number of H-pyrrole nitrogens is 1. The van der Waals surface area contributed by atoms with E-state index in [1.54, 1.807) is 36.5 Å². The summed E-state index contributed by atoms with van der Waals surface area (Å²) in [5, 5.41) is 16.9. The van der Waals surface area contributed by atoms with E-state index in [2.05, 4.69) is 15.6 Å². The highest BCUT2D eigenvalue weighted by molar-refractivity contribution is 7.11. The van der Waals surface area contributed by atoms with E-state index in [0.717, 1.165) is 41.4 Å². The number of thiazole rings is 1. The van der Waals surface area contributed by atoms with Crippen molar-refractivity contribution in [3.05, 3.63) is 63.0 Å². The number of nitrogens with one attached hydrogen (secondary N) is 3. The van der Waals surface area contributed by atoms with Gasteiger partial charge in [0.25, 0.3) is 5.91 Å². The van der Waals surface area contributed by atoms with Crippen molar-refractivity contribution in [2.24, 2.45) is 0 Å². The molecule has 1 aliphatic rings. The Bertz CT molecular complexity index is 1090.